The van der Waals surface area contributed by atoms with Gasteiger partial charge in [-0.1, -0.05) is 19.0 Å². The highest BCUT2D eigenvalue weighted by molar-refractivity contribution is 5.86. The SMILES string of the molecule is COc1cc(F)c(C(C)C)cc1-c1cc(C(=O)O)no1. The number of nitrogens with zero attached hydrogens (tertiary/aromatic N) is 1. The zero-order valence-corrected chi connectivity index (χ0v) is 11.3. The summed E-state index contributed by atoms with van der Waals surface area (Å²) in [5, 5.41) is 12.3. The summed E-state index contributed by atoms with van der Waals surface area (Å²) in [6.45, 7) is 3.72. The Morgan fingerprint density at radius 3 is 2.60 bits per heavy atom. The Kier molecular flexibility index (Phi) is 3.74. The topological polar surface area (TPSA) is 72.6 Å². The van der Waals surface area contributed by atoms with Crippen LogP contribution in [0.15, 0.2) is 22.7 Å². The number of carboxylic acid groups (broad SMARTS) is 1. The monoisotopic (exact) mass is 279 g/mol. The Hall–Kier alpha value is -2.37. The number of aromatic carboxylic acids is 1. The van der Waals surface area contributed by atoms with Crippen molar-refractivity contribution in [3.8, 4) is 17.1 Å². The zero-order valence-electron chi connectivity index (χ0n) is 11.3. The van der Waals surface area contributed by atoms with E-state index in [-0.39, 0.29) is 28.9 Å². The maximum Gasteiger partial charge on any atom is 0.358 e. The molecular formula is C14H14FNO4. The molecule has 0 atom stereocenters. The molecule has 0 bridgehead atoms. The predicted octanol–water partition coefficient (Wildman–Crippen LogP) is 3.31. The molecule has 0 aliphatic heterocycles. The second-order valence-electron chi connectivity index (χ2n) is 4.61. The van der Waals surface area contributed by atoms with Crippen LogP contribution >= 0.6 is 0 Å². The molecule has 0 radical (unpaired) electrons. The zero-order chi connectivity index (χ0) is 14.9. The molecule has 2 aromatic rings. The van der Waals surface area contributed by atoms with Gasteiger partial charge in [-0.25, -0.2) is 9.18 Å². The van der Waals surface area contributed by atoms with Gasteiger partial charge in [0.1, 0.15) is 11.6 Å². The molecule has 106 valence electrons. The normalized spacial score (nSPS) is 10.8. The molecular weight excluding hydrogens is 265 g/mol. The second-order valence-corrected chi connectivity index (χ2v) is 4.61. The third-order valence-corrected chi connectivity index (χ3v) is 2.94. The molecule has 5 nitrogen and oxygen atoms in total. The summed E-state index contributed by atoms with van der Waals surface area (Å²) in [5.41, 5.74) is 0.754. The number of carboxylic acids is 1. The van der Waals surface area contributed by atoms with Crippen molar-refractivity contribution >= 4 is 5.97 Å². The molecule has 0 saturated carbocycles. The molecule has 1 aromatic carbocycles. The molecule has 0 spiro atoms. The lowest BCUT2D eigenvalue weighted by atomic mass is 9.98. The summed E-state index contributed by atoms with van der Waals surface area (Å²) in [6, 6.07) is 4.13. The van der Waals surface area contributed by atoms with Crippen LogP contribution in [0.1, 0.15) is 35.8 Å². The van der Waals surface area contributed by atoms with E-state index in [9.17, 15) is 9.18 Å². The Bertz CT molecular complexity index is 649. The van der Waals surface area contributed by atoms with E-state index in [2.05, 4.69) is 5.16 Å². The van der Waals surface area contributed by atoms with Crippen LogP contribution in [-0.2, 0) is 0 Å². The van der Waals surface area contributed by atoms with Crippen LogP contribution in [0.4, 0.5) is 4.39 Å². The molecule has 2 rings (SSSR count). The van der Waals surface area contributed by atoms with E-state index >= 15 is 0 Å². The molecule has 0 aliphatic rings. The highest BCUT2D eigenvalue weighted by Gasteiger charge is 2.19. The standard InChI is InChI=1S/C14H14FNO4/c1-7(2)8-4-9(12(19-3)5-10(8)15)13-6-11(14(17)18)16-20-13/h4-7H,1-3H3,(H,17,18). The van der Waals surface area contributed by atoms with Crippen LogP contribution < -0.4 is 4.74 Å². The van der Waals surface area contributed by atoms with Crippen molar-refractivity contribution in [1.82, 2.24) is 5.16 Å². The second kappa shape index (κ2) is 5.32. The molecule has 6 heteroatoms. The quantitative estimate of drug-likeness (QED) is 0.929. The van der Waals surface area contributed by atoms with E-state index in [1.165, 1.54) is 19.2 Å². The number of hydrogen-bond acceptors (Lipinski definition) is 4. The van der Waals surface area contributed by atoms with Crippen molar-refractivity contribution in [2.45, 2.75) is 19.8 Å². The largest absolute Gasteiger partial charge is 0.496 e. The number of methoxy groups -OCH3 is 1. The summed E-state index contributed by atoms with van der Waals surface area (Å²) in [4.78, 5) is 10.8. The van der Waals surface area contributed by atoms with Crippen molar-refractivity contribution in [1.29, 1.82) is 0 Å². The first-order chi connectivity index (χ1) is 9.43. The van der Waals surface area contributed by atoms with E-state index in [0.717, 1.165) is 0 Å². The minimum atomic E-state index is -1.19. The van der Waals surface area contributed by atoms with E-state index in [1.54, 1.807) is 6.07 Å². The van der Waals surface area contributed by atoms with Crippen LogP contribution in [-0.4, -0.2) is 23.3 Å². The van der Waals surface area contributed by atoms with Crippen molar-refractivity contribution in [2.75, 3.05) is 7.11 Å². The lowest BCUT2D eigenvalue weighted by Crippen LogP contribution is -1.97. The molecule has 0 amide bonds. The molecule has 1 aromatic heterocycles. The summed E-state index contributed by atoms with van der Waals surface area (Å²) in [6.07, 6.45) is 0. The highest BCUT2D eigenvalue weighted by atomic mass is 19.1. The molecule has 0 aliphatic carbocycles. The number of benzene rings is 1. The van der Waals surface area contributed by atoms with Gasteiger partial charge in [-0.3, -0.25) is 0 Å². The van der Waals surface area contributed by atoms with Crippen LogP contribution in [0.3, 0.4) is 0 Å². The van der Waals surface area contributed by atoms with Crippen molar-refractivity contribution in [3.63, 3.8) is 0 Å². The van der Waals surface area contributed by atoms with Crippen molar-refractivity contribution in [2.24, 2.45) is 0 Å². The molecule has 1 N–H and O–H groups in total. The van der Waals surface area contributed by atoms with Crippen LogP contribution in [0.5, 0.6) is 5.75 Å². The lowest BCUT2D eigenvalue weighted by Gasteiger charge is -2.12. The van der Waals surface area contributed by atoms with Gasteiger partial charge in [-0.2, -0.15) is 0 Å². The number of aromatic nitrogens is 1. The van der Waals surface area contributed by atoms with Gasteiger partial charge in [0.2, 0.25) is 0 Å². The first-order valence-corrected chi connectivity index (χ1v) is 6.01. The number of hydrogen-bond donors (Lipinski definition) is 1. The van der Waals surface area contributed by atoms with E-state index in [4.69, 9.17) is 14.4 Å². The average Bonchev–Trinajstić information content (AvgIpc) is 2.87. The smallest absolute Gasteiger partial charge is 0.358 e. The number of halogens is 1. The number of carbonyl (C=O) groups is 1. The fourth-order valence-corrected chi connectivity index (χ4v) is 1.88. The average molecular weight is 279 g/mol. The maximum absolute atomic E-state index is 13.9. The van der Waals surface area contributed by atoms with E-state index in [1.807, 2.05) is 13.8 Å². The Balaban J connectivity index is 2.58. The summed E-state index contributed by atoms with van der Waals surface area (Å²) >= 11 is 0. The molecule has 20 heavy (non-hydrogen) atoms. The van der Waals surface area contributed by atoms with Gasteiger partial charge in [0.25, 0.3) is 0 Å². The number of rotatable bonds is 4. The van der Waals surface area contributed by atoms with Crippen molar-refractivity contribution < 1.29 is 23.6 Å². The van der Waals surface area contributed by atoms with E-state index < -0.39 is 5.97 Å². The Morgan fingerprint density at radius 2 is 2.10 bits per heavy atom. The lowest BCUT2D eigenvalue weighted by molar-refractivity contribution is 0.0686. The third-order valence-electron chi connectivity index (χ3n) is 2.94. The van der Waals surface area contributed by atoms with Crippen LogP contribution in [0.25, 0.3) is 11.3 Å². The van der Waals surface area contributed by atoms with Gasteiger partial charge in [0.05, 0.1) is 12.7 Å². The predicted molar refractivity (Wildman–Crippen MR) is 69.5 cm³/mol. The highest BCUT2D eigenvalue weighted by Crippen LogP contribution is 2.35. The molecule has 0 saturated heterocycles. The van der Waals surface area contributed by atoms with Gasteiger partial charge in [-0.05, 0) is 17.5 Å². The van der Waals surface area contributed by atoms with Crippen LogP contribution in [0, 0.1) is 5.82 Å². The first-order valence-electron chi connectivity index (χ1n) is 6.01. The van der Waals surface area contributed by atoms with Gasteiger partial charge >= 0.3 is 5.97 Å². The van der Waals surface area contributed by atoms with Gasteiger partial charge in [0, 0.05) is 12.1 Å². The van der Waals surface area contributed by atoms with E-state index in [0.29, 0.717) is 11.1 Å². The number of ether oxygens (including phenoxy) is 1. The van der Waals surface area contributed by atoms with Gasteiger partial charge in [-0.15, -0.1) is 0 Å². The summed E-state index contributed by atoms with van der Waals surface area (Å²) in [7, 11) is 1.40. The molecule has 0 unspecified atom stereocenters. The summed E-state index contributed by atoms with van der Waals surface area (Å²) < 4.78 is 24.0. The maximum atomic E-state index is 13.9. The summed E-state index contributed by atoms with van der Waals surface area (Å²) in [5.74, 6) is -1.11. The van der Waals surface area contributed by atoms with Gasteiger partial charge < -0.3 is 14.4 Å². The minimum absolute atomic E-state index is 0.0264. The Morgan fingerprint density at radius 1 is 1.40 bits per heavy atom. The molecule has 0 fully saturated rings. The third kappa shape index (κ3) is 2.49. The van der Waals surface area contributed by atoms with Gasteiger partial charge in [0.15, 0.2) is 11.5 Å². The fourth-order valence-electron chi connectivity index (χ4n) is 1.88. The van der Waals surface area contributed by atoms with Crippen LogP contribution in [0.2, 0.25) is 0 Å². The minimum Gasteiger partial charge on any atom is -0.496 e. The first kappa shape index (κ1) is 14.0. The van der Waals surface area contributed by atoms with Crippen molar-refractivity contribution in [3.05, 3.63) is 35.3 Å². The molecule has 1 heterocycles. The Labute approximate surface area is 115 Å². The fraction of sp³-hybridized carbons (Fsp3) is 0.286.